The van der Waals surface area contributed by atoms with Crippen molar-refractivity contribution in [2.75, 3.05) is 12.3 Å². The fourth-order valence-corrected chi connectivity index (χ4v) is 2.92. The Labute approximate surface area is 144 Å². The van der Waals surface area contributed by atoms with E-state index >= 15 is 0 Å². The SMILES string of the molecule is C=C(C)NCCn1cc2c(n1)c(N)nc1cc(-c3ccn[nH]3)ccc12. The summed E-state index contributed by atoms with van der Waals surface area (Å²) in [5.41, 5.74) is 10.6. The Morgan fingerprint density at radius 2 is 2.20 bits per heavy atom. The van der Waals surface area contributed by atoms with Crippen molar-refractivity contribution in [3.63, 3.8) is 0 Å². The number of pyridine rings is 1. The molecule has 7 heteroatoms. The van der Waals surface area contributed by atoms with Crippen LogP contribution in [0, 0.1) is 0 Å². The van der Waals surface area contributed by atoms with Gasteiger partial charge in [-0.2, -0.15) is 10.2 Å². The van der Waals surface area contributed by atoms with Crippen molar-refractivity contribution in [2.45, 2.75) is 13.5 Å². The van der Waals surface area contributed by atoms with Gasteiger partial charge in [0, 0.05) is 41.0 Å². The van der Waals surface area contributed by atoms with Crippen LogP contribution in [0.15, 0.2) is 48.9 Å². The molecule has 0 aliphatic heterocycles. The number of nitrogen functional groups attached to an aromatic ring is 1. The van der Waals surface area contributed by atoms with Gasteiger partial charge in [-0.1, -0.05) is 18.7 Å². The highest BCUT2D eigenvalue weighted by molar-refractivity contribution is 6.08. The average molecular weight is 333 g/mol. The van der Waals surface area contributed by atoms with Crippen molar-refractivity contribution in [3.05, 3.63) is 48.9 Å². The first kappa shape index (κ1) is 15.2. The summed E-state index contributed by atoms with van der Waals surface area (Å²) in [6.07, 6.45) is 3.75. The molecule has 0 bridgehead atoms. The maximum absolute atomic E-state index is 6.14. The lowest BCUT2D eigenvalue weighted by molar-refractivity contribution is 0.591. The van der Waals surface area contributed by atoms with E-state index in [1.54, 1.807) is 6.20 Å². The number of hydrogen-bond acceptors (Lipinski definition) is 5. The zero-order chi connectivity index (χ0) is 17.4. The van der Waals surface area contributed by atoms with Crippen molar-refractivity contribution in [1.29, 1.82) is 0 Å². The van der Waals surface area contributed by atoms with E-state index in [1.807, 2.05) is 36.0 Å². The molecular weight excluding hydrogens is 314 g/mol. The molecule has 0 saturated carbocycles. The predicted molar refractivity (Wildman–Crippen MR) is 99.8 cm³/mol. The highest BCUT2D eigenvalue weighted by Gasteiger charge is 2.12. The molecule has 0 atom stereocenters. The summed E-state index contributed by atoms with van der Waals surface area (Å²) in [7, 11) is 0. The molecule has 0 fully saturated rings. The van der Waals surface area contributed by atoms with Crippen LogP contribution in [0.1, 0.15) is 6.92 Å². The van der Waals surface area contributed by atoms with Gasteiger partial charge in [-0.15, -0.1) is 0 Å². The van der Waals surface area contributed by atoms with Crippen molar-refractivity contribution in [3.8, 4) is 11.3 Å². The third-order valence-electron chi connectivity index (χ3n) is 4.11. The van der Waals surface area contributed by atoms with Crippen LogP contribution in [-0.2, 0) is 6.54 Å². The minimum atomic E-state index is 0.441. The molecule has 0 spiro atoms. The van der Waals surface area contributed by atoms with E-state index in [-0.39, 0.29) is 0 Å². The first-order chi connectivity index (χ1) is 12.1. The molecule has 3 aromatic heterocycles. The number of benzene rings is 1. The summed E-state index contributed by atoms with van der Waals surface area (Å²) >= 11 is 0. The normalized spacial score (nSPS) is 11.2. The molecule has 1 aromatic carbocycles. The summed E-state index contributed by atoms with van der Waals surface area (Å²) in [6, 6.07) is 8.04. The number of allylic oxidation sites excluding steroid dienone is 1. The molecule has 0 aliphatic rings. The van der Waals surface area contributed by atoms with Crippen LogP contribution < -0.4 is 11.1 Å². The topological polar surface area (TPSA) is 97.4 Å². The fraction of sp³-hybridized carbons (Fsp3) is 0.167. The predicted octanol–water partition coefficient (Wildman–Crippen LogP) is 2.68. The third kappa shape index (κ3) is 2.80. The standard InChI is InChI=1S/C18H19N7/c1-11(2)20-7-8-25-10-14-13-4-3-12(15-5-6-21-23-15)9-16(13)22-18(19)17(14)24-25/h3-6,9-10,20H,1,7-8H2,2H3,(H2,19,22)(H,21,23). The molecule has 0 saturated heterocycles. The number of nitrogens with one attached hydrogen (secondary N) is 2. The number of aromatic nitrogens is 5. The first-order valence-electron chi connectivity index (χ1n) is 8.07. The summed E-state index contributed by atoms with van der Waals surface area (Å²) < 4.78 is 1.89. The van der Waals surface area contributed by atoms with Gasteiger partial charge in [0.1, 0.15) is 5.52 Å². The minimum Gasteiger partial charge on any atom is -0.387 e. The lowest BCUT2D eigenvalue weighted by Gasteiger charge is -2.04. The molecular formula is C18H19N7. The van der Waals surface area contributed by atoms with Crippen molar-refractivity contribution in [1.82, 2.24) is 30.3 Å². The summed E-state index contributed by atoms with van der Waals surface area (Å²) in [5.74, 6) is 0.441. The molecule has 0 radical (unpaired) electrons. The van der Waals surface area contributed by atoms with E-state index in [1.165, 1.54) is 0 Å². The Hall–Kier alpha value is -3.35. The van der Waals surface area contributed by atoms with Gasteiger partial charge >= 0.3 is 0 Å². The van der Waals surface area contributed by atoms with Gasteiger partial charge in [-0.25, -0.2) is 4.98 Å². The van der Waals surface area contributed by atoms with Crippen LogP contribution in [0.3, 0.4) is 0 Å². The number of fused-ring (bicyclic) bond motifs is 3. The van der Waals surface area contributed by atoms with Crippen LogP contribution in [-0.4, -0.2) is 31.5 Å². The van der Waals surface area contributed by atoms with E-state index < -0.39 is 0 Å². The van der Waals surface area contributed by atoms with Crippen LogP contribution in [0.5, 0.6) is 0 Å². The van der Waals surface area contributed by atoms with Gasteiger partial charge in [-0.05, 0) is 19.1 Å². The highest BCUT2D eigenvalue weighted by atomic mass is 15.3. The molecule has 7 nitrogen and oxygen atoms in total. The molecule has 0 unspecified atom stereocenters. The number of nitrogens with zero attached hydrogens (tertiary/aromatic N) is 4. The van der Waals surface area contributed by atoms with E-state index in [2.05, 4.69) is 38.2 Å². The fourth-order valence-electron chi connectivity index (χ4n) is 2.92. The molecule has 0 amide bonds. The average Bonchev–Trinajstić information content (AvgIpc) is 3.24. The van der Waals surface area contributed by atoms with Gasteiger partial charge in [0.2, 0.25) is 0 Å². The van der Waals surface area contributed by atoms with Crippen molar-refractivity contribution in [2.24, 2.45) is 0 Å². The Kier molecular flexibility index (Phi) is 3.61. The van der Waals surface area contributed by atoms with Gasteiger partial charge in [0.15, 0.2) is 5.82 Å². The number of nitrogens with two attached hydrogens (primary N) is 1. The Bertz CT molecular complexity index is 1060. The number of rotatable bonds is 5. The van der Waals surface area contributed by atoms with Crippen LogP contribution in [0.25, 0.3) is 33.1 Å². The van der Waals surface area contributed by atoms with Gasteiger partial charge < -0.3 is 11.1 Å². The maximum Gasteiger partial charge on any atom is 0.152 e. The lowest BCUT2D eigenvalue weighted by Crippen LogP contribution is -2.17. The molecule has 4 rings (SSSR count). The van der Waals surface area contributed by atoms with Gasteiger partial charge in [0.05, 0.1) is 17.8 Å². The zero-order valence-electron chi connectivity index (χ0n) is 14.0. The minimum absolute atomic E-state index is 0.441. The number of H-pyrrole nitrogens is 1. The van der Waals surface area contributed by atoms with Crippen LogP contribution in [0.4, 0.5) is 5.82 Å². The van der Waals surface area contributed by atoms with E-state index in [0.717, 1.165) is 51.8 Å². The smallest absolute Gasteiger partial charge is 0.152 e. The van der Waals surface area contributed by atoms with Gasteiger partial charge in [-0.3, -0.25) is 9.78 Å². The van der Waals surface area contributed by atoms with E-state index in [0.29, 0.717) is 5.82 Å². The number of hydrogen-bond donors (Lipinski definition) is 3. The highest BCUT2D eigenvalue weighted by Crippen LogP contribution is 2.29. The second-order valence-corrected chi connectivity index (χ2v) is 6.06. The van der Waals surface area contributed by atoms with E-state index in [4.69, 9.17) is 5.73 Å². The molecule has 25 heavy (non-hydrogen) atoms. The number of anilines is 1. The monoisotopic (exact) mass is 333 g/mol. The van der Waals surface area contributed by atoms with Crippen molar-refractivity contribution < 1.29 is 0 Å². The van der Waals surface area contributed by atoms with Gasteiger partial charge in [0.25, 0.3) is 0 Å². The largest absolute Gasteiger partial charge is 0.387 e. The lowest BCUT2D eigenvalue weighted by atomic mass is 10.1. The Balaban J connectivity index is 1.77. The Morgan fingerprint density at radius 3 is 2.96 bits per heavy atom. The quantitative estimate of drug-likeness (QED) is 0.522. The first-order valence-corrected chi connectivity index (χ1v) is 8.07. The van der Waals surface area contributed by atoms with E-state index in [9.17, 15) is 0 Å². The molecule has 0 aliphatic carbocycles. The zero-order valence-corrected chi connectivity index (χ0v) is 14.0. The summed E-state index contributed by atoms with van der Waals surface area (Å²) in [4.78, 5) is 4.53. The third-order valence-corrected chi connectivity index (χ3v) is 4.11. The second kappa shape index (κ2) is 5.94. The van der Waals surface area contributed by atoms with Crippen LogP contribution in [0.2, 0.25) is 0 Å². The summed E-state index contributed by atoms with van der Waals surface area (Å²) in [5, 5.41) is 16.8. The number of aromatic amines is 1. The van der Waals surface area contributed by atoms with Crippen LogP contribution >= 0.6 is 0 Å². The Morgan fingerprint density at radius 1 is 1.32 bits per heavy atom. The summed E-state index contributed by atoms with van der Waals surface area (Å²) in [6.45, 7) is 7.27. The van der Waals surface area contributed by atoms with Crippen molar-refractivity contribution >= 4 is 27.6 Å². The molecule has 4 aromatic rings. The molecule has 4 N–H and O–H groups in total. The molecule has 126 valence electrons. The molecule has 3 heterocycles. The maximum atomic E-state index is 6.14. The second-order valence-electron chi connectivity index (χ2n) is 6.06.